The minimum atomic E-state index is -0.913. The Morgan fingerprint density at radius 3 is 2.70 bits per heavy atom. The van der Waals surface area contributed by atoms with E-state index in [1.54, 1.807) is 11.8 Å². The zero-order valence-corrected chi connectivity index (χ0v) is 10.3. The van der Waals surface area contributed by atoms with Crippen LogP contribution in [-0.4, -0.2) is 29.1 Å². The first-order chi connectivity index (χ1) is 4.18. The minimum Gasteiger partial charge on any atom is -1.00 e. The van der Waals surface area contributed by atoms with Gasteiger partial charge in [-0.25, -0.2) is 0 Å². The van der Waals surface area contributed by atoms with E-state index in [1.807, 2.05) is 6.26 Å². The van der Waals surface area contributed by atoms with Crippen molar-refractivity contribution in [3.8, 4) is 0 Å². The molecule has 0 aromatic carbocycles. The molecule has 0 saturated carbocycles. The van der Waals surface area contributed by atoms with Gasteiger partial charge in [0, 0.05) is 0 Å². The normalized spacial score (nSPS) is 11.8. The van der Waals surface area contributed by atoms with Crippen molar-refractivity contribution in [3.05, 3.63) is 0 Å². The Balaban J connectivity index is -0.000000320. The first-order valence-electron chi connectivity index (χ1n) is 2.65. The van der Waals surface area contributed by atoms with Gasteiger partial charge in [0.25, 0.3) is 0 Å². The fraction of sp³-hybridized carbons (Fsp3) is 0.800. The summed E-state index contributed by atoms with van der Waals surface area (Å²) in [7, 11) is 0. The summed E-state index contributed by atoms with van der Waals surface area (Å²) in [4.78, 5) is 10.1. The molecular weight excluding hydrogens is 177 g/mol. The average Bonchev–Trinajstić information content (AvgIpc) is 1.82. The molecule has 0 aromatic heterocycles. The predicted molar refractivity (Wildman–Crippen MR) is 39.7 cm³/mol. The van der Waals surface area contributed by atoms with Crippen molar-refractivity contribution in [1.82, 2.24) is 0 Å². The monoisotopic (exact) mass is 189 g/mol. The second-order valence-corrected chi connectivity index (χ2v) is 2.71. The van der Waals surface area contributed by atoms with Crippen LogP contribution in [0.15, 0.2) is 0 Å². The molecule has 0 heterocycles. The maximum absolute atomic E-state index is 10.1. The minimum absolute atomic E-state index is 0. The maximum atomic E-state index is 10.1. The van der Waals surface area contributed by atoms with E-state index in [0.717, 1.165) is 5.75 Å². The van der Waals surface area contributed by atoms with Crippen molar-refractivity contribution in [2.24, 2.45) is 5.73 Å². The maximum Gasteiger partial charge on any atom is 1.00 e. The van der Waals surface area contributed by atoms with Gasteiger partial charge < -0.3 is 12.3 Å². The number of carboxylic acids is 1. The Hall–Kier alpha value is 1.42. The average molecular weight is 189 g/mol. The zero-order chi connectivity index (χ0) is 7.28. The van der Waals surface area contributed by atoms with Crippen molar-refractivity contribution in [1.29, 1.82) is 0 Å². The summed E-state index contributed by atoms with van der Waals surface area (Å²) in [6, 6.07) is -0.683. The molecule has 0 spiro atoms. The molecule has 0 rings (SSSR count). The fourth-order valence-corrected chi connectivity index (χ4v) is 0.858. The first kappa shape index (κ1) is 14.0. The van der Waals surface area contributed by atoms with Gasteiger partial charge in [0.2, 0.25) is 0 Å². The van der Waals surface area contributed by atoms with Gasteiger partial charge in [-0.05, 0) is 18.4 Å². The van der Waals surface area contributed by atoms with Crippen molar-refractivity contribution in [2.75, 3.05) is 12.0 Å². The second kappa shape index (κ2) is 8.51. The summed E-state index contributed by atoms with van der Waals surface area (Å²) in [5.41, 5.74) is 5.19. The molecule has 56 valence electrons. The second-order valence-electron chi connectivity index (χ2n) is 1.73. The van der Waals surface area contributed by atoms with Crippen LogP contribution in [0.1, 0.15) is 7.85 Å². The summed E-state index contributed by atoms with van der Waals surface area (Å²) in [6.07, 6.45) is 2.48. The molecule has 0 aliphatic carbocycles. The molecule has 0 radical (unpaired) electrons. The molecule has 0 amide bonds. The number of carboxylic acid groups (broad SMARTS) is 1. The molecule has 0 aliphatic heterocycles. The van der Waals surface area contributed by atoms with Gasteiger partial charge in [-0.1, -0.05) is 0 Å². The molecule has 1 atom stereocenters. The molecule has 3 nitrogen and oxygen atoms in total. The molecule has 0 fully saturated rings. The quantitative estimate of drug-likeness (QED) is 0.471. The summed E-state index contributed by atoms with van der Waals surface area (Å²) >= 11 is 1.60. The SMILES string of the molecule is CSCC[C@H](N)C(=O)O.[H-].[K+]. The third kappa shape index (κ3) is 7.52. The van der Waals surface area contributed by atoms with Gasteiger partial charge in [-0.3, -0.25) is 4.79 Å². The van der Waals surface area contributed by atoms with E-state index in [0.29, 0.717) is 6.42 Å². The number of carbonyl (C=O) groups is 1. The Kier molecular flexibility index (Phi) is 11.9. The summed E-state index contributed by atoms with van der Waals surface area (Å²) < 4.78 is 0. The van der Waals surface area contributed by atoms with E-state index in [-0.39, 0.29) is 52.8 Å². The van der Waals surface area contributed by atoms with Gasteiger partial charge in [0.05, 0.1) is 0 Å². The van der Waals surface area contributed by atoms with E-state index in [2.05, 4.69) is 0 Å². The number of hydrogen-bond acceptors (Lipinski definition) is 3. The summed E-state index contributed by atoms with van der Waals surface area (Å²) in [5.74, 6) is -0.1000. The molecule has 0 bridgehead atoms. The molecule has 0 aliphatic rings. The van der Waals surface area contributed by atoms with Gasteiger partial charge in [0.1, 0.15) is 6.04 Å². The van der Waals surface area contributed by atoms with Crippen molar-refractivity contribution in [3.63, 3.8) is 0 Å². The van der Waals surface area contributed by atoms with Gasteiger partial charge in [-0.2, -0.15) is 11.8 Å². The van der Waals surface area contributed by atoms with Crippen LogP contribution in [0.4, 0.5) is 0 Å². The van der Waals surface area contributed by atoms with E-state index in [9.17, 15) is 4.79 Å². The third-order valence-corrected chi connectivity index (χ3v) is 1.59. The Morgan fingerprint density at radius 2 is 2.40 bits per heavy atom. The van der Waals surface area contributed by atoms with Crippen LogP contribution in [0, 0.1) is 0 Å². The summed E-state index contributed by atoms with van der Waals surface area (Å²) in [6.45, 7) is 0. The van der Waals surface area contributed by atoms with Crippen LogP contribution in [0.3, 0.4) is 0 Å². The smallest absolute Gasteiger partial charge is 1.00 e. The Labute approximate surface area is 109 Å². The molecular formula is C5H12KNO2S. The van der Waals surface area contributed by atoms with E-state index in [4.69, 9.17) is 10.8 Å². The van der Waals surface area contributed by atoms with Crippen LogP contribution < -0.4 is 57.1 Å². The van der Waals surface area contributed by atoms with Crippen LogP contribution >= 0.6 is 11.8 Å². The van der Waals surface area contributed by atoms with Gasteiger partial charge in [-0.15, -0.1) is 0 Å². The molecule has 0 unspecified atom stereocenters. The zero-order valence-electron chi connectivity index (χ0n) is 7.33. The van der Waals surface area contributed by atoms with Gasteiger partial charge in [0.15, 0.2) is 0 Å². The van der Waals surface area contributed by atoms with E-state index >= 15 is 0 Å². The van der Waals surface area contributed by atoms with Gasteiger partial charge >= 0.3 is 57.4 Å². The molecule has 0 saturated heterocycles. The third-order valence-electron chi connectivity index (χ3n) is 0.950. The summed E-state index contributed by atoms with van der Waals surface area (Å²) in [5, 5.41) is 8.27. The number of hydrogen-bond donors (Lipinski definition) is 2. The number of thioether (sulfide) groups is 1. The first-order valence-corrected chi connectivity index (χ1v) is 4.05. The van der Waals surface area contributed by atoms with Crippen LogP contribution in [0.2, 0.25) is 0 Å². The number of nitrogens with two attached hydrogens (primary N) is 1. The Bertz CT molecular complexity index is 106. The standard InChI is InChI=1S/C5H11NO2S.K.H/c1-9-3-2-4(6)5(7)8;;/h4H,2-3,6H2,1H3,(H,7,8);;/q;+1;-1/t4-;;/m0../s1. The topological polar surface area (TPSA) is 63.3 Å². The molecule has 10 heavy (non-hydrogen) atoms. The van der Waals surface area contributed by atoms with E-state index in [1.165, 1.54) is 0 Å². The predicted octanol–water partition coefficient (Wildman–Crippen LogP) is -2.73. The van der Waals surface area contributed by atoms with Crippen molar-refractivity contribution >= 4 is 17.7 Å². The van der Waals surface area contributed by atoms with Crippen molar-refractivity contribution in [2.45, 2.75) is 12.5 Å². The molecule has 3 N–H and O–H groups in total. The largest absolute Gasteiger partial charge is 1.00 e. The molecule has 0 aromatic rings. The van der Waals surface area contributed by atoms with Crippen LogP contribution in [0.25, 0.3) is 0 Å². The van der Waals surface area contributed by atoms with Crippen molar-refractivity contribution < 1.29 is 62.7 Å². The fourth-order valence-electron chi connectivity index (χ4n) is 0.368. The number of aliphatic carboxylic acids is 1. The molecule has 5 heteroatoms. The number of rotatable bonds is 4. The van der Waals surface area contributed by atoms with Crippen LogP contribution in [0.5, 0.6) is 0 Å². The van der Waals surface area contributed by atoms with Crippen LogP contribution in [-0.2, 0) is 4.79 Å². The van der Waals surface area contributed by atoms with E-state index < -0.39 is 12.0 Å². The Morgan fingerprint density at radius 1 is 1.90 bits per heavy atom.